The second kappa shape index (κ2) is 9.25. The van der Waals surface area contributed by atoms with Crippen LogP contribution in [0.1, 0.15) is 16.5 Å². The van der Waals surface area contributed by atoms with Crippen molar-refractivity contribution in [2.75, 3.05) is 0 Å². The minimum atomic E-state index is -3.90. The van der Waals surface area contributed by atoms with Crippen molar-refractivity contribution < 1.29 is 13.0 Å². The number of benzene rings is 4. The molecule has 6 heteroatoms. The Morgan fingerprint density at radius 1 is 0.656 bits per heavy atom. The van der Waals surface area contributed by atoms with Crippen molar-refractivity contribution in [3.63, 3.8) is 0 Å². The molecular formula is C26H24NO3PS. The van der Waals surface area contributed by atoms with Crippen LogP contribution in [-0.2, 0) is 14.4 Å². The van der Waals surface area contributed by atoms with Gasteiger partial charge in [-0.2, -0.15) is 0 Å². The summed E-state index contributed by atoms with van der Waals surface area (Å²) in [6, 6.07) is 33.6. The first-order valence-corrected chi connectivity index (χ1v) is 13.5. The third kappa shape index (κ3) is 4.46. The summed E-state index contributed by atoms with van der Waals surface area (Å²) in [5.74, 6) is 0. The first kappa shape index (κ1) is 22.2. The van der Waals surface area contributed by atoms with Crippen molar-refractivity contribution in [2.45, 2.75) is 17.2 Å². The third-order valence-corrected chi connectivity index (χ3v) is 10.1. The molecule has 0 aromatic heterocycles. The van der Waals surface area contributed by atoms with E-state index in [-0.39, 0.29) is 4.90 Å². The van der Waals surface area contributed by atoms with Gasteiger partial charge in [0.05, 0.1) is 4.90 Å². The summed E-state index contributed by atoms with van der Waals surface area (Å²) in [6.45, 7) is 1.91. The van der Waals surface area contributed by atoms with Crippen LogP contribution in [0.5, 0.6) is 0 Å². The Morgan fingerprint density at radius 3 is 1.56 bits per heavy atom. The van der Waals surface area contributed by atoms with Gasteiger partial charge in [0.2, 0.25) is 7.29 Å². The van der Waals surface area contributed by atoms with Crippen LogP contribution in [0.25, 0.3) is 0 Å². The number of hydrogen-bond donors (Lipinski definition) is 1. The predicted octanol–water partition coefficient (Wildman–Crippen LogP) is 4.99. The topological polar surface area (TPSA) is 63.2 Å². The van der Waals surface area contributed by atoms with Gasteiger partial charge < -0.3 is 0 Å². The molecule has 32 heavy (non-hydrogen) atoms. The molecule has 162 valence electrons. The van der Waals surface area contributed by atoms with Gasteiger partial charge in [0.25, 0.3) is 0 Å². The molecule has 0 amide bonds. The van der Waals surface area contributed by atoms with Gasteiger partial charge in [0, 0.05) is 10.6 Å². The van der Waals surface area contributed by atoms with Crippen molar-refractivity contribution in [3.8, 4) is 0 Å². The van der Waals surface area contributed by atoms with Gasteiger partial charge in [-0.15, -0.1) is 0 Å². The number of hydrogen-bond acceptors (Lipinski definition) is 3. The SMILES string of the molecule is Cc1ccc(S(=O)(=O)C(NP(=O)(c2ccccc2)c2ccccc2)c2ccccc2)cc1. The molecule has 0 saturated heterocycles. The van der Waals surface area contributed by atoms with Crippen molar-refractivity contribution in [1.82, 2.24) is 5.09 Å². The number of nitrogens with one attached hydrogen (secondary N) is 1. The Labute approximate surface area is 189 Å². The Bertz CT molecular complexity index is 1280. The van der Waals surface area contributed by atoms with E-state index in [1.54, 1.807) is 97.1 Å². The molecule has 0 bridgehead atoms. The van der Waals surface area contributed by atoms with Gasteiger partial charge in [0.15, 0.2) is 9.84 Å². The van der Waals surface area contributed by atoms with Gasteiger partial charge in [-0.1, -0.05) is 84.4 Å². The highest BCUT2D eigenvalue weighted by Gasteiger charge is 2.37. The van der Waals surface area contributed by atoms with Crippen molar-refractivity contribution >= 4 is 27.7 Å². The number of rotatable bonds is 7. The molecule has 0 aliphatic rings. The van der Waals surface area contributed by atoms with Gasteiger partial charge in [0.1, 0.15) is 5.37 Å². The first-order valence-electron chi connectivity index (χ1n) is 10.3. The second-order valence-corrected chi connectivity index (χ2v) is 12.1. The molecule has 0 fully saturated rings. The highest BCUT2D eigenvalue weighted by molar-refractivity contribution is 7.92. The van der Waals surface area contributed by atoms with Gasteiger partial charge >= 0.3 is 0 Å². The third-order valence-electron chi connectivity index (χ3n) is 5.30. The minimum Gasteiger partial charge on any atom is -0.296 e. The summed E-state index contributed by atoms with van der Waals surface area (Å²) >= 11 is 0. The lowest BCUT2D eigenvalue weighted by atomic mass is 10.2. The Kier molecular flexibility index (Phi) is 6.43. The lowest BCUT2D eigenvalue weighted by Crippen LogP contribution is -2.34. The van der Waals surface area contributed by atoms with E-state index < -0.39 is 22.5 Å². The maximum Gasteiger partial charge on any atom is 0.205 e. The molecular weight excluding hydrogens is 437 g/mol. The Hall–Kier alpha value is -2.98. The molecule has 4 aromatic carbocycles. The van der Waals surface area contributed by atoms with E-state index in [9.17, 15) is 13.0 Å². The van der Waals surface area contributed by atoms with Gasteiger partial charge in [-0.3, -0.25) is 4.57 Å². The van der Waals surface area contributed by atoms with Gasteiger partial charge in [-0.25, -0.2) is 13.5 Å². The van der Waals surface area contributed by atoms with Crippen LogP contribution in [0.4, 0.5) is 0 Å². The zero-order valence-corrected chi connectivity index (χ0v) is 19.3. The molecule has 4 rings (SSSR count). The van der Waals surface area contributed by atoms with Crippen LogP contribution in [0.15, 0.2) is 120 Å². The zero-order valence-electron chi connectivity index (χ0n) is 17.6. The molecule has 0 spiro atoms. The summed E-state index contributed by atoms with van der Waals surface area (Å²) in [5, 5.41) is 3.00. The van der Waals surface area contributed by atoms with Gasteiger partial charge in [-0.05, 0) is 48.9 Å². The van der Waals surface area contributed by atoms with E-state index in [0.717, 1.165) is 5.56 Å². The number of aryl methyl sites for hydroxylation is 1. The van der Waals surface area contributed by atoms with Crippen LogP contribution in [-0.4, -0.2) is 8.42 Å². The largest absolute Gasteiger partial charge is 0.296 e. The fraction of sp³-hybridized carbons (Fsp3) is 0.0769. The normalized spacial score (nSPS) is 12.9. The Morgan fingerprint density at radius 2 is 1.09 bits per heavy atom. The molecule has 0 aliphatic carbocycles. The summed E-state index contributed by atoms with van der Waals surface area (Å²) in [6.07, 6.45) is 0. The molecule has 0 aliphatic heterocycles. The molecule has 0 heterocycles. The molecule has 0 saturated carbocycles. The fourth-order valence-electron chi connectivity index (χ4n) is 3.55. The summed E-state index contributed by atoms with van der Waals surface area (Å²) in [5.41, 5.74) is 1.49. The van der Waals surface area contributed by atoms with Crippen molar-refractivity contribution in [2.24, 2.45) is 0 Å². The zero-order chi connectivity index (χ0) is 22.6. The maximum atomic E-state index is 14.6. The van der Waals surface area contributed by atoms with E-state index in [1.165, 1.54) is 0 Å². The fourth-order valence-corrected chi connectivity index (χ4v) is 8.12. The quantitative estimate of drug-likeness (QED) is 0.394. The molecule has 1 N–H and O–H groups in total. The van der Waals surface area contributed by atoms with E-state index in [4.69, 9.17) is 0 Å². The van der Waals surface area contributed by atoms with E-state index in [0.29, 0.717) is 16.2 Å². The monoisotopic (exact) mass is 461 g/mol. The average molecular weight is 462 g/mol. The van der Waals surface area contributed by atoms with Crippen LogP contribution >= 0.6 is 7.29 Å². The smallest absolute Gasteiger partial charge is 0.205 e. The highest BCUT2D eigenvalue weighted by Crippen LogP contribution is 2.44. The van der Waals surface area contributed by atoms with E-state index >= 15 is 0 Å². The average Bonchev–Trinajstić information content (AvgIpc) is 2.84. The van der Waals surface area contributed by atoms with Crippen molar-refractivity contribution in [3.05, 3.63) is 126 Å². The van der Waals surface area contributed by atoms with Crippen LogP contribution in [0.2, 0.25) is 0 Å². The lowest BCUT2D eigenvalue weighted by Gasteiger charge is -2.27. The lowest BCUT2D eigenvalue weighted by molar-refractivity contribution is 0.560. The number of sulfone groups is 1. The molecule has 1 unspecified atom stereocenters. The van der Waals surface area contributed by atoms with Crippen LogP contribution < -0.4 is 15.7 Å². The van der Waals surface area contributed by atoms with E-state index in [2.05, 4.69) is 5.09 Å². The predicted molar refractivity (Wildman–Crippen MR) is 130 cm³/mol. The molecule has 0 radical (unpaired) electrons. The van der Waals surface area contributed by atoms with E-state index in [1.807, 2.05) is 25.1 Å². The Balaban J connectivity index is 1.89. The van der Waals surface area contributed by atoms with Crippen LogP contribution in [0.3, 0.4) is 0 Å². The van der Waals surface area contributed by atoms with Crippen LogP contribution in [0, 0.1) is 6.92 Å². The molecule has 4 aromatic rings. The first-order chi connectivity index (χ1) is 15.4. The maximum absolute atomic E-state index is 14.6. The summed E-state index contributed by atoms with van der Waals surface area (Å²) < 4.78 is 42.2. The standard InChI is InChI=1S/C26H24NO3PS/c1-21-17-19-25(20-18-21)32(29,30)26(22-11-5-2-6-12-22)27-31(28,23-13-7-3-8-14-23)24-15-9-4-10-16-24/h2-20,26H,1H3,(H,27,28). The van der Waals surface area contributed by atoms with Crippen molar-refractivity contribution in [1.29, 1.82) is 0 Å². The summed E-state index contributed by atoms with van der Waals surface area (Å²) in [7, 11) is -7.40. The summed E-state index contributed by atoms with van der Waals surface area (Å²) in [4.78, 5) is 0.178. The molecule has 4 nitrogen and oxygen atoms in total. The second-order valence-electron chi connectivity index (χ2n) is 7.56. The minimum absolute atomic E-state index is 0.178. The highest BCUT2D eigenvalue weighted by atomic mass is 32.2. The molecule has 1 atom stereocenters.